The Balaban J connectivity index is 1.02. The van der Waals surface area contributed by atoms with Gasteiger partial charge in [0.15, 0.2) is 0 Å². The van der Waals surface area contributed by atoms with Crippen molar-refractivity contribution < 1.29 is 0 Å². The van der Waals surface area contributed by atoms with Gasteiger partial charge < -0.3 is 9.47 Å². The molecule has 12 rings (SSSR count). The van der Waals surface area contributed by atoms with Crippen LogP contribution in [-0.4, -0.2) is 4.57 Å². The van der Waals surface area contributed by atoms with Crippen molar-refractivity contribution in [1.29, 1.82) is 0 Å². The maximum Gasteiger partial charge on any atom is 0.0547 e. The number of anilines is 3. The largest absolute Gasteiger partial charge is 0.310 e. The molecule has 0 aliphatic rings. The molecule has 2 heteroatoms. The molecular weight excluding hydrogens is 725 g/mol. The minimum atomic E-state index is 1.09. The number of rotatable bonds is 6. The van der Waals surface area contributed by atoms with Crippen molar-refractivity contribution in [3.63, 3.8) is 0 Å². The lowest BCUT2D eigenvalue weighted by Crippen LogP contribution is -2.10. The molecule has 1 aromatic heterocycles. The third-order valence-corrected chi connectivity index (χ3v) is 12.3. The van der Waals surface area contributed by atoms with Crippen LogP contribution in [0, 0.1) is 0 Å². The first-order chi connectivity index (χ1) is 29.8. The van der Waals surface area contributed by atoms with E-state index in [2.05, 4.69) is 240 Å². The molecule has 11 aromatic carbocycles. The summed E-state index contributed by atoms with van der Waals surface area (Å²) in [5, 5.41) is 12.6. The van der Waals surface area contributed by atoms with Gasteiger partial charge in [0.1, 0.15) is 0 Å². The molecule has 0 radical (unpaired) electrons. The highest BCUT2D eigenvalue weighted by atomic mass is 15.1. The molecule has 0 unspecified atom stereocenters. The van der Waals surface area contributed by atoms with Crippen LogP contribution in [0.3, 0.4) is 0 Å². The first-order valence-electron chi connectivity index (χ1n) is 20.7. The summed E-state index contributed by atoms with van der Waals surface area (Å²) in [7, 11) is 0. The molecule has 0 N–H and O–H groups in total. The minimum absolute atomic E-state index is 1.09. The fourth-order valence-corrected chi connectivity index (χ4v) is 9.53. The molecule has 0 aliphatic carbocycles. The van der Waals surface area contributed by atoms with E-state index in [1.165, 1.54) is 81.6 Å². The molecule has 280 valence electrons. The van der Waals surface area contributed by atoms with Crippen molar-refractivity contribution in [2.45, 2.75) is 0 Å². The van der Waals surface area contributed by atoms with E-state index in [9.17, 15) is 0 Å². The minimum Gasteiger partial charge on any atom is -0.310 e. The molecular formula is C58H38N2. The van der Waals surface area contributed by atoms with Crippen LogP contribution >= 0.6 is 0 Å². The summed E-state index contributed by atoms with van der Waals surface area (Å²) in [6, 6.07) is 84.2. The quantitative estimate of drug-likeness (QED) is 0.153. The molecule has 2 nitrogen and oxygen atoms in total. The Morgan fingerprint density at radius 3 is 1.43 bits per heavy atom. The van der Waals surface area contributed by atoms with E-state index in [1.807, 2.05) is 0 Å². The molecule has 0 atom stereocenters. The summed E-state index contributed by atoms with van der Waals surface area (Å²) < 4.78 is 2.45. The first-order valence-corrected chi connectivity index (χ1v) is 20.7. The van der Waals surface area contributed by atoms with Crippen LogP contribution in [0.15, 0.2) is 231 Å². The lowest BCUT2D eigenvalue weighted by Gasteiger charge is -2.27. The molecule has 12 aromatic rings. The van der Waals surface area contributed by atoms with Crippen LogP contribution in [0.1, 0.15) is 0 Å². The van der Waals surface area contributed by atoms with Gasteiger partial charge in [0.05, 0.1) is 16.7 Å². The summed E-state index contributed by atoms with van der Waals surface area (Å²) in [5.74, 6) is 0. The zero-order valence-corrected chi connectivity index (χ0v) is 32.8. The Kier molecular flexibility index (Phi) is 7.89. The zero-order chi connectivity index (χ0) is 39.6. The van der Waals surface area contributed by atoms with E-state index in [0.717, 1.165) is 28.3 Å². The number of nitrogens with zero attached hydrogens (tertiary/aromatic N) is 2. The van der Waals surface area contributed by atoms with Crippen molar-refractivity contribution >= 4 is 82.0 Å². The van der Waals surface area contributed by atoms with Crippen LogP contribution < -0.4 is 4.90 Å². The number of aromatic nitrogens is 1. The van der Waals surface area contributed by atoms with Gasteiger partial charge in [-0.1, -0.05) is 170 Å². The Bertz CT molecular complexity index is 3550. The van der Waals surface area contributed by atoms with E-state index in [0.29, 0.717) is 0 Å². The normalized spacial score (nSPS) is 11.7. The van der Waals surface area contributed by atoms with Crippen molar-refractivity contribution in [2.75, 3.05) is 4.90 Å². The Labute approximate surface area is 348 Å². The molecule has 0 fully saturated rings. The highest BCUT2D eigenvalue weighted by Crippen LogP contribution is 2.43. The number of benzene rings is 11. The fraction of sp³-hybridized carbons (Fsp3) is 0. The number of para-hydroxylation sites is 2. The maximum absolute atomic E-state index is 2.45. The molecule has 0 aliphatic heterocycles. The van der Waals surface area contributed by atoms with E-state index < -0.39 is 0 Å². The summed E-state index contributed by atoms with van der Waals surface area (Å²) in [5.41, 5.74) is 11.6. The van der Waals surface area contributed by atoms with Gasteiger partial charge in [-0.2, -0.15) is 0 Å². The number of fused-ring (bicyclic) bond motifs is 10. The SMILES string of the molecule is c1ccc(-c2ccc(N(c3ccc(-c4ccccc4-n4c5ccccc5c5cc6ccccc6cc54)cc3)c3ccc4c5ccccc5c5ccccc5c4c3)cc2)cc1. The lowest BCUT2D eigenvalue weighted by atomic mass is 9.94. The average Bonchev–Trinajstić information content (AvgIpc) is 3.64. The van der Waals surface area contributed by atoms with Crippen LogP contribution in [0.4, 0.5) is 17.1 Å². The first kappa shape index (κ1) is 34.1. The predicted octanol–water partition coefficient (Wildman–Crippen LogP) is 16.2. The number of hydrogen-bond acceptors (Lipinski definition) is 1. The lowest BCUT2D eigenvalue weighted by molar-refractivity contribution is 1.18. The van der Waals surface area contributed by atoms with E-state index >= 15 is 0 Å². The summed E-state index contributed by atoms with van der Waals surface area (Å²) in [6.45, 7) is 0. The van der Waals surface area contributed by atoms with E-state index in [4.69, 9.17) is 0 Å². The second-order valence-corrected chi connectivity index (χ2v) is 15.7. The molecule has 0 saturated heterocycles. The highest BCUT2D eigenvalue weighted by molar-refractivity contribution is 6.26. The number of hydrogen-bond donors (Lipinski definition) is 0. The molecule has 1 heterocycles. The predicted molar refractivity (Wildman–Crippen MR) is 256 cm³/mol. The van der Waals surface area contributed by atoms with Gasteiger partial charge in [-0.05, 0) is 120 Å². The van der Waals surface area contributed by atoms with Crippen LogP contribution in [-0.2, 0) is 0 Å². The van der Waals surface area contributed by atoms with Gasteiger partial charge in [0.2, 0.25) is 0 Å². The highest BCUT2D eigenvalue weighted by Gasteiger charge is 2.19. The van der Waals surface area contributed by atoms with Gasteiger partial charge >= 0.3 is 0 Å². The molecule has 0 amide bonds. The molecule has 60 heavy (non-hydrogen) atoms. The Morgan fingerprint density at radius 1 is 0.267 bits per heavy atom. The Hall–Kier alpha value is -7.94. The topological polar surface area (TPSA) is 8.17 Å². The average molecular weight is 763 g/mol. The van der Waals surface area contributed by atoms with Gasteiger partial charge in [-0.25, -0.2) is 0 Å². The van der Waals surface area contributed by atoms with Gasteiger partial charge in [0.25, 0.3) is 0 Å². The summed E-state index contributed by atoms with van der Waals surface area (Å²) in [4.78, 5) is 2.39. The Morgan fingerprint density at radius 2 is 0.750 bits per heavy atom. The van der Waals surface area contributed by atoms with Gasteiger partial charge in [-0.3, -0.25) is 0 Å². The van der Waals surface area contributed by atoms with Crippen molar-refractivity contribution in [3.05, 3.63) is 231 Å². The van der Waals surface area contributed by atoms with Crippen LogP contribution in [0.25, 0.3) is 92.8 Å². The molecule has 0 bridgehead atoms. The van der Waals surface area contributed by atoms with Crippen LogP contribution in [0.5, 0.6) is 0 Å². The summed E-state index contributed by atoms with van der Waals surface area (Å²) in [6.07, 6.45) is 0. The monoisotopic (exact) mass is 762 g/mol. The van der Waals surface area contributed by atoms with E-state index in [-0.39, 0.29) is 0 Å². The van der Waals surface area contributed by atoms with Crippen molar-refractivity contribution in [3.8, 4) is 27.9 Å². The zero-order valence-electron chi connectivity index (χ0n) is 32.8. The molecule has 0 saturated carbocycles. The van der Waals surface area contributed by atoms with Crippen molar-refractivity contribution in [1.82, 2.24) is 4.57 Å². The third-order valence-electron chi connectivity index (χ3n) is 12.3. The summed E-state index contributed by atoms with van der Waals surface area (Å²) >= 11 is 0. The second kappa shape index (κ2) is 13.9. The standard InChI is InChI=1S/C58H38N2/c1-2-14-39(15-3-1)40-26-30-44(31-27-40)59(46-34-35-52-50-21-7-6-19-48(50)49-20-8-9-22-51(49)54(52)38-46)45-32-28-41(29-33-45)47-18-10-12-24-56(47)60-57-25-13-11-23-53(57)55-36-42-16-4-5-17-43(42)37-58(55)60/h1-38H. The van der Waals surface area contributed by atoms with Gasteiger partial charge in [0, 0.05) is 33.4 Å². The maximum atomic E-state index is 2.45. The van der Waals surface area contributed by atoms with Crippen molar-refractivity contribution in [2.24, 2.45) is 0 Å². The second-order valence-electron chi connectivity index (χ2n) is 15.7. The van der Waals surface area contributed by atoms with Gasteiger partial charge in [-0.15, -0.1) is 0 Å². The smallest absolute Gasteiger partial charge is 0.0547 e. The third kappa shape index (κ3) is 5.50. The fourth-order valence-electron chi connectivity index (χ4n) is 9.53. The molecule has 0 spiro atoms. The van der Waals surface area contributed by atoms with Crippen LogP contribution in [0.2, 0.25) is 0 Å². The van der Waals surface area contributed by atoms with E-state index in [1.54, 1.807) is 0 Å².